The first-order chi connectivity index (χ1) is 8.03. The van der Waals surface area contributed by atoms with Gasteiger partial charge in [0.15, 0.2) is 14.6 Å². The molecule has 1 heterocycles. The van der Waals surface area contributed by atoms with Crippen LogP contribution in [-0.2, 0) is 14.6 Å². The van der Waals surface area contributed by atoms with Gasteiger partial charge in [-0.05, 0) is 25.0 Å². The summed E-state index contributed by atoms with van der Waals surface area (Å²) in [7, 11) is -2.22. The topological polar surface area (TPSA) is 72.5 Å². The van der Waals surface area contributed by atoms with Crippen LogP contribution >= 0.6 is 0 Å². The Balaban J connectivity index is 2.34. The van der Waals surface area contributed by atoms with Gasteiger partial charge in [-0.25, -0.2) is 8.42 Å². The summed E-state index contributed by atoms with van der Waals surface area (Å²) in [6.07, 6.45) is 0.775. The fraction of sp³-hybridized carbons (Fsp3) is 0.364. The lowest BCUT2D eigenvalue weighted by atomic mass is 10.2. The van der Waals surface area contributed by atoms with Crippen LogP contribution in [0.1, 0.15) is 12.8 Å². The number of methoxy groups -OCH3 is 1. The Morgan fingerprint density at radius 3 is 2.65 bits per heavy atom. The first kappa shape index (κ1) is 10.6. The number of hydrogen-bond acceptors (Lipinski definition) is 4. The number of nitrogens with one attached hydrogen (secondary N) is 1. The summed E-state index contributed by atoms with van der Waals surface area (Å²) in [5, 5.41) is 2.64. The van der Waals surface area contributed by atoms with E-state index in [4.69, 9.17) is 4.74 Å². The highest BCUT2D eigenvalue weighted by molar-refractivity contribution is 7.94. The highest BCUT2D eigenvalue weighted by Gasteiger charge is 2.64. The summed E-state index contributed by atoms with van der Waals surface area (Å²) in [5.41, 5.74) is 0.312. The lowest BCUT2D eigenvalue weighted by Crippen LogP contribution is -2.42. The number of fused-ring (bicyclic) bond motifs is 1. The number of carbonyl (C=O) groups excluding carboxylic acids is 1. The molecule has 0 bridgehead atoms. The number of carbonyl (C=O) groups is 1. The Morgan fingerprint density at radius 1 is 1.35 bits per heavy atom. The summed E-state index contributed by atoms with van der Waals surface area (Å²) in [4.78, 5) is 11.9. The first-order valence-electron chi connectivity index (χ1n) is 5.26. The minimum atomic E-state index is -3.64. The Bertz CT molecular complexity index is 616. The van der Waals surface area contributed by atoms with Gasteiger partial charge in [0.05, 0.1) is 12.8 Å². The molecule has 1 aliphatic heterocycles. The molecule has 1 spiro atoms. The molecule has 1 saturated carbocycles. The van der Waals surface area contributed by atoms with Crippen molar-refractivity contribution in [2.24, 2.45) is 0 Å². The number of hydrogen-bond donors (Lipinski definition) is 1. The van der Waals surface area contributed by atoms with Gasteiger partial charge in [-0.15, -0.1) is 0 Å². The molecule has 3 rings (SSSR count). The van der Waals surface area contributed by atoms with Gasteiger partial charge in [0.1, 0.15) is 10.6 Å². The average molecular weight is 253 g/mol. The van der Waals surface area contributed by atoms with Crippen molar-refractivity contribution in [2.45, 2.75) is 22.5 Å². The highest BCUT2D eigenvalue weighted by Crippen LogP contribution is 2.53. The van der Waals surface area contributed by atoms with E-state index in [2.05, 4.69) is 5.32 Å². The second-order valence-corrected chi connectivity index (χ2v) is 6.49. The van der Waals surface area contributed by atoms with E-state index in [0.29, 0.717) is 18.5 Å². The number of rotatable bonds is 1. The van der Waals surface area contributed by atoms with Crippen LogP contribution in [0.2, 0.25) is 0 Å². The van der Waals surface area contributed by atoms with Gasteiger partial charge >= 0.3 is 0 Å². The molecule has 17 heavy (non-hydrogen) atoms. The largest absolute Gasteiger partial charge is 0.495 e. The van der Waals surface area contributed by atoms with Crippen LogP contribution in [0.5, 0.6) is 5.75 Å². The molecule has 5 nitrogen and oxygen atoms in total. The summed E-state index contributed by atoms with van der Waals surface area (Å²) in [6.45, 7) is 0. The van der Waals surface area contributed by atoms with Crippen LogP contribution in [0.25, 0.3) is 0 Å². The van der Waals surface area contributed by atoms with Gasteiger partial charge in [0, 0.05) is 0 Å². The summed E-state index contributed by atoms with van der Waals surface area (Å²) in [6, 6.07) is 4.81. The van der Waals surface area contributed by atoms with E-state index < -0.39 is 20.5 Å². The molecule has 0 atom stereocenters. The molecule has 90 valence electrons. The molecular formula is C11H11NO4S. The lowest BCUT2D eigenvalue weighted by Gasteiger charge is -2.25. The Kier molecular flexibility index (Phi) is 1.87. The molecule has 0 saturated heterocycles. The third kappa shape index (κ3) is 1.13. The summed E-state index contributed by atoms with van der Waals surface area (Å²) >= 11 is 0. The smallest absolute Gasteiger partial charge is 0.246 e. The van der Waals surface area contributed by atoms with E-state index in [1.165, 1.54) is 7.11 Å². The van der Waals surface area contributed by atoms with Crippen LogP contribution in [0.3, 0.4) is 0 Å². The predicted molar refractivity (Wildman–Crippen MR) is 60.8 cm³/mol. The van der Waals surface area contributed by atoms with Gasteiger partial charge in [-0.1, -0.05) is 6.07 Å². The normalized spacial score (nSPS) is 22.8. The van der Waals surface area contributed by atoms with Crippen molar-refractivity contribution in [1.29, 1.82) is 0 Å². The van der Waals surface area contributed by atoms with Crippen molar-refractivity contribution < 1.29 is 17.9 Å². The number of amides is 1. The zero-order chi connectivity index (χ0) is 12.3. The maximum Gasteiger partial charge on any atom is 0.246 e. The molecule has 2 aliphatic rings. The van der Waals surface area contributed by atoms with E-state index >= 15 is 0 Å². The van der Waals surface area contributed by atoms with Crippen molar-refractivity contribution in [3.63, 3.8) is 0 Å². The monoisotopic (exact) mass is 253 g/mol. The summed E-state index contributed by atoms with van der Waals surface area (Å²) < 4.78 is 28.7. The van der Waals surface area contributed by atoms with E-state index in [1.807, 2.05) is 0 Å². The second-order valence-electron chi connectivity index (χ2n) is 4.29. The van der Waals surface area contributed by atoms with E-state index in [1.54, 1.807) is 18.2 Å². The number of benzene rings is 1. The minimum Gasteiger partial charge on any atom is -0.495 e. The molecule has 0 radical (unpaired) electrons. The molecule has 6 heteroatoms. The zero-order valence-corrected chi connectivity index (χ0v) is 10.0. The zero-order valence-electron chi connectivity index (χ0n) is 9.19. The van der Waals surface area contributed by atoms with E-state index in [9.17, 15) is 13.2 Å². The van der Waals surface area contributed by atoms with Crippen molar-refractivity contribution >= 4 is 21.4 Å². The van der Waals surface area contributed by atoms with Crippen molar-refractivity contribution in [2.75, 3.05) is 12.4 Å². The van der Waals surface area contributed by atoms with Crippen molar-refractivity contribution in [3.05, 3.63) is 18.2 Å². The fourth-order valence-corrected chi connectivity index (χ4v) is 4.37. The average Bonchev–Trinajstić information content (AvgIpc) is 3.08. The number of sulfone groups is 1. The molecule has 0 unspecified atom stereocenters. The van der Waals surface area contributed by atoms with Gasteiger partial charge in [-0.2, -0.15) is 0 Å². The lowest BCUT2D eigenvalue weighted by molar-refractivity contribution is -0.116. The maximum absolute atomic E-state index is 12.4. The van der Waals surface area contributed by atoms with Gasteiger partial charge in [0.2, 0.25) is 5.91 Å². The standard InChI is InChI=1S/C11H11NO4S/c1-16-8-4-2-3-7-9(8)17(14,15)11(5-6-11)10(13)12-7/h2-4H,5-6H2,1H3,(H,12,13). The van der Waals surface area contributed by atoms with Crippen LogP contribution in [0.4, 0.5) is 5.69 Å². The molecule has 1 N–H and O–H groups in total. The predicted octanol–water partition coefficient (Wildman–Crippen LogP) is 0.954. The van der Waals surface area contributed by atoms with E-state index in [0.717, 1.165) is 0 Å². The quantitative estimate of drug-likeness (QED) is 0.809. The highest BCUT2D eigenvalue weighted by atomic mass is 32.2. The molecule has 1 aromatic rings. The molecule has 1 amide bonds. The number of ether oxygens (including phenoxy) is 1. The maximum atomic E-state index is 12.4. The molecule has 0 aromatic heterocycles. The van der Waals surface area contributed by atoms with Crippen LogP contribution in [0, 0.1) is 0 Å². The van der Waals surface area contributed by atoms with Gasteiger partial charge in [0.25, 0.3) is 0 Å². The molecule has 1 aromatic carbocycles. The Hall–Kier alpha value is -1.56. The fourth-order valence-electron chi connectivity index (χ4n) is 2.22. The Morgan fingerprint density at radius 2 is 2.06 bits per heavy atom. The van der Waals surface area contributed by atoms with Gasteiger partial charge < -0.3 is 10.1 Å². The van der Waals surface area contributed by atoms with E-state index in [-0.39, 0.29) is 10.6 Å². The second kappa shape index (κ2) is 3.01. The van der Waals surface area contributed by atoms with Gasteiger partial charge in [-0.3, -0.25) is 4.79 Å². The Labute approximate surface area is 98.7 Å². The molecular weight excluding hydrogens is 242 g/mol. The van der Waals surface area contributed by atoms with Crippen molar-refractivity contribution in [3.8, 4) is 5.75 Å². The van der Waals surface area contributed by atoms with Crippen LogP contribution < -0.4 is 10.1 Å². The van der Waals surface area contributed by atoms with Crippen LogP contribution in [0.15, 0.2) is 23.1 Å². The third-order valence-corrected chi connectivity index (χ3v) is 5.93. The first-order valence-corrected chi connectivity index (χ1v) is 6.74. The third-order valence-electron chi connectivity index (χ3n) is 3.35. The minimum absolute atomic E-state index is 0.111. The van der Waals surface area contributed by atoms with Crippen molar-refractivity contribution in [1.82, 2.24) is 0 Å². The number of anilines is 1. The van der Waals surface area contributed by atoms with Crippen LogP contribution in [-0.4, -0.2) is 26.2 Å². The summed E-state index contributed by atoms with van der Waals surface area (Å²) in [5.74, 6) is -0.132. The molecule has 1 fully saturated rings. The SMILES string of the molecule is COc1cccc2c1S(=O)(=O)C1(CC1)C(=O)N2. The molecule has 1 aliphatic carbocycles.